The van der Waals surface area contributed by atoms with Crippen LogP contribution in [0.2, 0.25) is 0 Å². The molecular formula is C12H15NO3. The average Bonchev–Trinajstić information content (AvgIpc) is 2.86. The van der Waals surface area contributed by atoms with Gasteiger partial charge in [0.2, 0.25) is 6.79 Å². The van der Waals surface area contributed by atoms with Crippen LogP contribution in [-0.4, -0.2) is 25.5 Å². The van der Waals surface area contributed by atoms with Crippen LogP contribution in [0.3, 0.4) is 0 Å². The minimum Gasteiger partial charge on any atom is -0.486 e. The Labute approximate surface area is 94.5 Å². The number of hydrogen-bond acceptors (Lipinski definition) is 4. The summed E-state index contributed by atoms with van der Waals surface area (Å²) in [6, 6.07) is 5.71. The van der Waals surface area contributed by atoms with Crippen molar-refractivity contribution in [2.45, 2.75) is 18.9 Å². The molecule has 1 unspecified atom stereocenters. The fourth-order valence-electron chi connectivity index (χ4n) is 2.11. The van der Waals surface area contributed by atoms with Crippen LogP contribution in [0.1, 0.15) is 13.3 Å². The van der Waals surface area contributed by atoms with E-state index in [-0.39, 0.29) is 5.60 Å². The van der Waals surface area contributed by atoms with Gasteiger partial charge in [0.05, 0.1) is 0 Å². The van der Waals surface area contributed by atoms with Crippen LogP contribution in [0.15, 0.2) is 18.2 Å². The van der Waals surface area contributed by atoms with Crippen molar-refractivity contribution in [3.05, 3.63) is 18.2 Å². The largest absolute Gasteiger partial charge is 0.486 e. The maximum absolute atomic E-state index is 5.99. The van der Waals surface area contributed by atoms with Crippen LogP contribution in [0.4, 0.5) is 0 Å². The summed E-state index contributed by atoms with van der Waals surface area (Å²) in [5.74, 6) is 2.41. The zero-order valence-electron chi connectivity index (χ0n) is 9.29. The molecule has 3 rings (SSSR count). The summed E-state index contributed by atoms with van der Waals surface area (Å²) in [6.45, 7) is 4.33. The fourth-order valence-corrected chi connectivity index (χ4v) is 2.11. The molecule has 1 saturated heterocycles. The number of benzene rings is 1. The lowest BCUT2D eigenvalue weighted by Crippen LogP contribution is -2.34. The fraction of sp³-hybridized carbons (Fsp3) is 0.500. The molecule has 0 saturated carbocycles. The Morgan fingerprint density at radius 2 is 2.19 bits per heavy atom. The molecule has 4 nitrogen and oxygen atoms in total. The maximum Gasteiger partial charge on any atom is 0.231 e. The molecule has 1 atom stereocenters. The molecule has 0 amide bonds. The van der Waals surface area contributed by atoms with E-state index < -0.39 is 0 Å². The quantitative estimate of drug-likeness (QED) is 0.822. The molecule has 4 heteroatoms. The Morgan fingerprint density at radius 3 is 3.00 bits per heavy atom. The van der Waals surface area contributed by atoms with E-state index in [0.29, 0.717) is 6.79 Å². The molecule has 1 aromatic rings. The highest BCUT2D eigenvalue weighted by Crippen LogP contribution is 2.36. The van der Waals surface area contributed by atoms with E-state index in [9.17, 15) is 0 Å². The van der Waals surface area contributed by atoms with Crippen molar-refractivity contribution in [1.29, 1.82) is 0 Å². The first-order valence-corrected chi connectivity index (χ1v) is 5.55. The number of hydrogen-bond donors (Lipinski definition) is 1. The standard InChI is InChI=1S/C12H15NO3/c1-12(4-5-13-7-12)16-9-2-3-10-11(6-9)15-8-14-10/h2-3,6,13H,4-5,7-8H2,1H3. The minimum absolute atomic E-state index is 0.103. The van der Waals surface area contributed by atoms with Crippen LogP contribution in [-0.2, 0) is 0 Å². The molecule has 86 valence electrons. The highest BCUT2D eigenvalue weighted by atomic mass is 16.7. The van der Waals surface area contributed by atoms with E-state index in [2.05, 4.69) is 12.2 Å². The normalized spacial score (nSPS) is 27.1. The van der Waals surface area contributed by atoms with Crippen molar-refractivity contribution >= 4 is 0 Å². The molecular weight excluding hydrogens is 206 g/mol. The third-order valence-electron chi connectivity index (χ3n) is 3.04. The lowest BCUT2D eigenvalue weighted by molar-refractivity contribution is 0.110. The van der Waals surface area contributed by atoms with Crippen molar-refractivity contribution in [3.8, 4) is 17.2 Å². The smallest absolute Gasteiger partial charge is 0.231 e. The van der Waals surface area contributed by atoms with Gasteiger partial charge in [0.1, 0.15) is 11.4 Å². The molecule has 0 bridgehead atoms. The van der Waals surface area contributed by atoms with Gasteiger partial charge in [0.25, 0.3) is 0 Å². The summed E-state index contributed by atoms with van der Waals surface area (Å²) in [7, 11) is 0. The Kier molecular flexibility index (Phi) is 2.17. The van der Waals surface area contributed by atoms with E-state index in [1.54, 1.807) is 0 Å². The predicted molar refractivity (Wildman–Crippen MR) is 59.1 cm³/mol. The topological polar surface area (TPSA) is 39.7 Å². The third kappa shape index (κ3) is 1.69. The molecule has 0 aromatic heterocycles. The second-order valence-corrected chi connectivity index (χ2v) is 4.49. The lowest BCUT2D eigenvalue weighted by atomic mass is 10.1. The summed E-state index contributed by atoms with van der Waals surface area (Å²) >= 11 is 0. The summed E-state index contributed by atoms with van der Waals surface area (Å²) in [6.07, 6.45) is 1.03. The van der Waals surface area contributed by atoms with E-state index in [1.165, 1.54) is 0 Å². The first-order chi connectivity index (χ1) is 7.75. The van der Waals surface area contributed by atoms with E-state index in [0.717, 1.165) is 36.8 Å². The molecule has 0 spiro atoms. The SMILES string of the molecule is CC1(Oc2ccc3c(c2)OCO3)CCNC1. The van der Waals surface area contributed by atoms with Gasteiger partial charge in [-0.1, -0.05) is 0 Å². The first kappa shape index (κ1) is 9.78. The van der Waals surface area contributed by atoms with Crippen molar-refractivity contribution in [1.82, 2.24) is 5.32 Å². The van der Waals surface area contributed by atoms with Gasteiger partial charge < -0.3 is 19.5 Å². The van der Waals surface area contributed by atoms with Gasteiger partial charge >= 0.3 is 0 Å². The van der Waals surface area contributed by atoms with Gasteiger partial charge in [-0.2, -0.15) is 0 Å². The second-order valence-electron chi connectivity index (χ2n) is 4.49. The second kappa shape index (κ2) is 3.56. The summed E-state index contributed by atoms with van der Waals surface area (Å²) in [5.41, 5.74) is -0.103. The zero-order valence-corrected chi connectivity index (χ0v) is 9.29. The molecule has 1 fully saturated rings. The van der Waals surface area contributed by atoms with E-state index >= 15 is 0 Å². The van der Waals surface area contributed by atoms with Crippen LogP contribution in [0.5, 0.6) is 17.2 Å². The number of nitrogens with one attached hydrogen (secondary N) is 1. The lowest BCUT2D eigenvalue weighted by Gasteiger charge is -2.24. The highest BCUT2D eigenvalue weighted by Gasteiger charge is 2.31. The molecule has 16 heavy (non-hydrogen) atoms. The molecule has 2 aliphatic rings. The van der Waals surface area contributed by atoms with Crippen molar-refractivity contribution in [3.63, 3.8) is 0 Å². The van der Waals surface area contributed by atoms with E-state index in [1.807, 2.05) is 18.2 Å². The van der Waals surface area contributed by atoms with E-state index in [4.69, 9.17) is 14.2 Å². The molecule has 1 N–H and O–H groups in total. The number of fused-ring (bicyclic) bond motifs is 1. The van der Waals surface area contributed by atoms with Gasteiger partial charge in [0, 0.05) is 19.0 Å². The minimum atomic E-state index is -0.103. The molecule has 1 aromatic carbocycles. The molecule has 2 heterocycles. The van der Waals surface area contributed by atoms with Crippen molar-refractivity contribution in [2.75, 3.05) is 19.9 Å². The van der Waals surface area contributed by atoms with Gasteiger partial charge in [-0.3, -0.25) is 0 Å². The average molecular weight is 221 g/mol. The van der Waals surface area contributed by atoms with Crippen molar-refractivity contribution < 1.29 is 14.2 Å². The van der Waals surface area contributed by atoms with Crippen LogP contribution >= 0.6 is 0 Å². The number of rotatable bonds is 2. The third-order valence-corrected chi connectivity index (χ3v) is 3.04. The Balaban J connectivity index is 1.80. The Hall–Kier alpha value is -1.42. The van der Waals surface area contributed by atoms with Gasteiger partial charge in [-0.25, -0.2) is 0 Å². The number of ether oxygens (including phenoxy) is 3. The van der Waals surface area contributed by atoms with Crippen LogP contribution < -0.4 is 19.5 Å². The zero-order chi connectivity index (χ0) is 11.0. The Bertz CT molecular complexity index is 399. The monoisotopic (exact) mass is 221 g/mol. The van der Waals surface area contributed by atoms with Crippen LogP contribution in [0, 0.1) is 0 Å². The van der Waals surface area contributed by atoms with Gasteiger partial charge in [-0.15, -0.1) is 0 Å². The maximum atomic E-state index is 5.99. The highest BCUT2D eigenvalue weighted by molar-refractivity contribution is 5.47. The van der Waals surface area contributed by atoms with Gasteiger partial charge in [0.15, 0.2) is 11.5 Å². The van der Waals surface area contributed by atoms with Gasteiger partial charge in [-0.05, 0) is 25.6 Å². The summed E-state index contributed by atoms with van der Waals surface area (Å²) < 4.78 is 16.6. The van der Waals surface area contributed by atoms with Crippen LogP contribution in [0.25, 0.3) is 0 Å². The first-order valence-electron chi connectivity index (χ1n) is 5.55. The molecule has 0 aliphatic carbocycles. The summed E-state index contributed by atoms with van der Waals surface area (Å²) in [5, 5.41) is 3.30. The molecule has 2 aliphatic heterocycles. The van der Waals surface area contributed by atoms with Crippen molar-refractivity contribution in [2.24, 2.45) is 0 Å². The predicted octanol–water partition coefficient (Wildman–Crippen LogP) is 1.55. The summed E-state index contributed by atoms with van der Waals surface area (Å²) in [4.78, 5) is 0. The Morgan fingerprint density at radius 1 is 1.31 bits per heavy atom. The molecule has 0 radical (unpaired) electrons.